The van der Waals surface area contributed by atoms with Gasteiger partial charge in [0.25, 0.3) is 11.5 Å². The quantitative estimate of drug-likeness (QED) is 0.672. The second kappa shape index (κ2) is 8.76. The number of H-pyrrole nitrogens is 1. The summed E-state index contributed by atoms with van der Waals surface area (Å²) in [4.78, 5) is 55.4. The van der Waals surface area contributed by atoms with Gasteiger partial charge in [-0.1, -0.05) is 6.92 Å². The van der Waals surface area contributed by atoms with Crippen molar-refractivity contribution in [2.24, 2.45) is 0 Å². The third-order valence-electron chi connectivity index (χ3n) is 3.86. The number of hydrogen-bond acceptors (Lipinski definition) is 8. The number of carbonyl (C=O) groups excluding carboxylic acids is 3. The van der Waals surface area contributed by atoms with Gasteiger partial charge in [0.2, 0.25) is 0 Å². The van der Waals surface area contributed by atoms with Gasteiger partial charge in [0, 0.05) is 11.6 Å². The van der Waals surface area contributed by atoms with Gasteiger partial charge in [-0.05, 0) is 20.3 Å². The smallest absolute Gasteiger partial charge is 0.348 e. The van der Waals surface area contributed by atoms with Crippen LogP contribution in [-0.4, -0.2) is 47.6 Å². The molecule has 0 unspecified atom stereocenters. The van der Waals surface area contributed by atoms with E-state index in [0.717, 1.165) is 17.8 Å². The Bertz CT molecular complexity index is 933. The van der Waals surface area contributed by atoms with Crippen molar-refractivity contribution >= 4 is 39.4 Å². The lowest BCUT2D eigenvalue weighted by Crippen LogP contribution is -2.35. The maximum Gasteiger partial charge on any atom is 0.348 e. The van der Waals surface area contributed by atoms with Crippen molar-refractivity contribution in [3.05, 3.63) is 26.6 Å². The molecule has 0 bridgehead atoms. The minimum absolute atomic E-state index is 0.0316. The average molecular weight is 395 g/mol. The Morgan fingerprint density at radius 1 is 1.33 bits per heavy atom. The highest BCUT2D eigenvalue weighted by Gasteiger charge is 2.25. The number of methoxy groups -OCH3 is 1. The lowest BCUT2D eigenvalue weighted by atomic mass is 10.1. The molecule has 0 saturated heterocycles. The Balaban J connectivity index is 2.24. The Kier molecular flexibility index (Phi) is 6.67. The molecular weight excluding hydrogens is 374 g/mol. The fraction of sp³-hybridized carbons (Fsp3) is 0.471. The van der Waals surface area contributed by atoms with Crippen LogP contribution in [0, 0.1) is 6.92 Å². The van der Waals surface area contributed by atoms with Gasteiger partial charge in [-0.15, -0.1) is 11.3 Å². The number of rotatable bonds is 7. The number of fused-ring (bicyclic) bond motifs is 1. The molecule has 2 rings (SSSR count). The van der Waals surface area contributed by atoms with Crippen molar-refractivity contribution in [2.75, 3.05) is 13.7 Å². The topological polar surface area (TPSA) is 127 Å². The second-order valence-corrected chi connectivity index (χ2v) is 6.95. The largest absolute Gasteiger partial charge is 0.465 e. The summed E-state index contributed by atoms with van der Waals surface area (Å²) in [6.07, 6.45) is 0.396. The summed E-state index contributed by atoms with van der Waals surface area (Å²) in [6.45, 7) is 4.93. The molecule has 2 aromatic heterocycles. The zero-order valence-corrected chi connectivity index (χ0v) is 16.3. The first-order chi connectivity index (χ1) is 12.8. The lowest BCUT2D eigenvalue weighted by Gasteiger charge is -2.11. The standard InChI is InChI=1S/C17H21N3O6S/c1-5-8(2)18-11(21)7-26-12(22)6-10-13-15(23)19-9(3)20-16(13)27-14(10)17(24)25-4/h8H,5-7H2,1-4H3,(H,18,21)(H,19,20,23)/t8-/m1/s1. The van der Waals surface area contributed by atoms with Gasteiger partial charge in [-0.25, -0.2) is 9.78 Å². The molecule has 27 heavy (non-hydrogen) atoms. The molecule has 0 aliphatic heterocycles. The summed E-state index contributed by atoms with van der Waals surface area (Å²) in [5, 5.41) is 2.82. The molecule has 0 aliphatic rings. The minimum Gasteiger partial charge on any atom is -0.465 e. The van der Waals surface area contributed by atoms with Crippen LogP contribution < -0.4 is 10.9 Å². The number of nitrogens with zero attached hydrogens (tertiary/aromatic N) is 1. The van der Waals surface area contributed by atoms with Gasteiger partial charge >= 0.3 is 11.9 Å². The van der Waals surface area contributed by atoms with Crippen molar-refractivity contribution in [3.8, 4) is 0 Å². The first-order valence-electron chi connectivity index (χ1n) is 8.32. The van der Waals surface area contributed by atoms with Crippen LogP contribution in [0.2, 0.25) is 0 Å². The van der Waals surface area contributed by atoms with Crippen LogP contribution in [0.25, 0.3) is 10.2 Å². The summed E-state index contributed by atoms with van der Waals surface area (Å²) in [5.74, 6) is -1.44. The van der Waals surface area contributed by atoms with Crippen LogP contribution in [-0.2, 0) is 25.5 Å². The van der Waals surface area contributed by atoms with E-state index in [9.17, 15) is 19.2 Å². The molecule has 10 heteroatoms. The zero-order chi connectivity index (χ0) is 20.1. The van der Waals surface area contributed by atoms with Crippen molar-refractivity contribution in [3.63, 3.8) is 0 Å². The summed E-state index contributed by atoms with van der Waals surface area (Å²) in [7, 11) is 1.21. The molecule has 0 aromatic carbocycles. The normalized spacial score (nSPS) is 11.9. The highest BCUT2D eigenvalue weighted by Crippen LogP contribution is 2.29. The first-order valence-corrected chi connectivity index (χ1v) is 9.14. The highest BCUT2D eigenvalue weighted by molar-refractivity contribution is 7.20. The molecule has 1 atom stereocenters. The van der Waals surface area contributed by atoms with Gasteiger partial charge in [-0.2, -0.15) is 0 Å². The van der Waals surface area contributed by atoms with Crippen molar-refractivity contribution < 1.29 is 23.9 Å². The van der Waals surface area contributed by atoms with E-state index < -0.39 is 30.0 Å². The van der Waals surface area contributed by atoms with Gasteiger partial charge in [0.05, 0.1) is 18.9 Å². The van der Waals surface area contributed by atoms with Crippen LogP contribution in [0.5, 0.6) is 0 Å². The van der Waals surface area contributed by atoms with Gasteiger partial charge in [0.1, 0.15) is 15.5 Å². The van der Waals surface area contributed by atoms with Crippen LogP contribution in [0.3, 0.4) is 0 Å². The van der Waals surface area contributed by atoms with E-state index in [0.29, 0.717) is 10.7 Å². The van der Waals surface area contributed by atoms with E-state index in [4.69, 9.17) is 9.47 Å². The van der Waals surface area contributed by atoms with E-state index >= 15 is 0 Å². The van der Waals surface area contributed by atoms with E-state index in [1.807, 2.05) is 13.8 Å². The third kappa shape index (κ3) is 4.91. The number of nitrogens with one attached hydrogen (secondary N) is 2. The molecule has 2 aromatic rings. The summed E-state index contributed by atoms with van der Waals surface area (Å²) < 4.78 is 9.70. The number of esters is 2. The average Bonchev–Trinajstić information content (AvgIpc) is 2.97. The molecule has 0 saturated carbocycles. The number of ether oxygens (including phenoxy) is 2. The van der Waals surface area contributed by atoms with Crippen LogP contribution in [0.15, 0.2) is 4.79 Å². The number of aromatic nitrogens is 2. The predicted molar refractivity (Wildman–Crippen MR) is 98.9 cm³/mol. The molecule has 9 nitrogen and oxygen atoms in total. The second-order valence-electron chi connectivity index (χ2n) is 5.95. The molecule has 0 spiro atoms. The maximum absolute atomic E-state index is 12.3. The Hall–Kier alpha value is -2.75. The van der Waals surface area contributed by atoms with E-state index in [1.165, 1.54) is 7.11 Å². The van der Waals surface area contributed by atoms with Gasteiger partial charge < -0.3 is 19.8 Å². The lowest BCUT2D eigenvalue weighted by molar-refractivity contribution is -0.148. The summed E-state index contributed by atoms with van der Waals surface area (Å²) >= 11 is 0.970. The van der Waals surface area contributed by atoms with E-state index in [1.54, 1.807) is 6.92 Å². The number of amides is 1. The highest BCUT2D eigenvalue weighted by atomic mass is 32.1. The van der Waals surface area contributed by atoms with Crippen LogP contribution >= 0.6 is 11.3 Å². The molecule has 2 heterocycles. The van der Waals surface area contributed by atoms with E-state index in [-0.39, 0.29) is 28.3 Å². The van der Waals surface area contributed by atoms with Crippen LogP contribution in [0.1, 0.15) is 41.3 Å². The molecule has 1 amide bonds. The predicted octanol–water partition coefficient (Wildman–Crippen LogP) is 1.08. The van der Waals surface area contributed by atoms with Gasteiger partial charge in [0.15, 0.2) is 6.61 Å². The number of aryl methyl sites for hydroxylation is 1. The SMILES string of the molecule is CC[C@@H](C)NC(=O)COC(=O)Cc1c(C(=O)OC)sc2nc(C)[nH]c(=O)c12. The van der Waals surface area contributed by atoms with Crippen molar-refractivity contribution in [1.82, 2.24) is 15.3 Å². The van der Waals surface area contributed by atoms with Crippen molar-refractivity contribution in [1.29, 1.82) is 0 Å². The Morgan fingerprint density at radius 3 is 2.67 bits per heavy atom. The van der Waals surface area contributed by atoms with Crippen LogP contribution in [0.4, 0.5) is 0 Å². The summed E-state index contributed by atoms with van der Waals surface area (Å²) in [6, 6.07) is -0.0316. The molecule has 0 radical (unpaired) electrons. The van der Waals surface area contributed by atoms with E-state index in [2.05, 4.69) is 15.3 Å². The number of aromatic amines is 1. The Morgan fingerprint density at radius 2 is 2.04 bits per heavy atom. The number of hydrogen-bond donors (Lipinski definition) is 2. The third-order valence-corrected chi connectivity index (χ3v) is 4.96. The number of thiophene rings is 1. The van der Waals surface area contributed by atoms with Crippen molar-refractivity contribution in [2.45, 2.75) is 39.7 Å². The number of carbonyl (C=O) groups is 3. The summed E-state index contributed by atoms with van der Waals surface area (Å²) in [5.41, 5.74) is -0.274. The Labute approximate surface area is 159 Å². The first kappa shape index (κ1) is 20.6. The fourth-order valence-corrected chi connectivity index (χ4v) is 3.52. The monoisotopic (exact) mass is 395 g/mol. The fourth-order valence-electron chi connectivity index (χ4n) is 2.36. The molecular formula is C17H21N3O6S. The molecule has 2 N–H and O–H groups in total. The minimum atomic E-state index is -0.737. The molecule has 0 aliphatic carbocycles. The molecule has 146 valence electrons. The molecule has 0 fully saturated rings. The zero-order valence-electron chi connectivity index (χ0n) is 15.5. The van der Waals surface area contributed by atoms with Gasteiger partial charge in [-0.3, -0.25) is 14.4 Å². The maximum atomic E-state index is 12.3.